The maximum absolute atomic E-state index is 15.1. The molecule has 3 aromatic carbocycles. The molecule has 1 heterocycles. The maximum Gasteiger partial charge on any atom is 0.417 e. The lowest BCUT2D eigenvalue weighted by atomic mass is 10.0. The van der Waals surface area contributed by atoms with Gasteiger partial charge >= 0.3 is 6.18 Å². The number of halogens is 4. The van der Waals surface area contributed by atoms with E-state index in [-0.39, 0.29) is 33.3 Å². The Balaban J connectivity index is 1.77. The summed E-state index contributed by atoms with van der Waals surface area (Å²) in [7, 11) is -3.46. The van der Waals surface area contributed by atoms with Crippen LogP contribution in [0.2, 0.25) is 0 Å². The molecule has 0 radical (unpaired) electrons. The van der Waals surface area contributed by atoms with Gasteiger partial charge in [0.15, 0.2) is 9.84 Å². The minimum atomic E-state index is -4.58. The van der Waals surface area contributed by atoms with Gasteiger partial charge in [-0.15, -0.1) is 0 Å². The van der Waals surface area contributed by atoms with Crippen LogP contribution in [0.5, 0.6) is 0 Å². The van der Waals surface area contributed by atoms with E-state index in [1.807, 2.05) is 0 Å². The normalized spacial score (nSPS) is 12.2. The molecule has 0 aliphatic heterocycles. The first-order valence-electron chi connectivity index (χ1n) is 9.95. The van der Waals surface area contributed by atoms with Gasteiger partial charge in [-0.05, 0) is 42.0 Å². The van der Waals surface area contributed by atoms with Crippen molar-refractivity contribution in [2.75, 3.05) is 5.75 Å². The molecule has 9 heteroatoms. The lowest BCUT2D eigenvalue weighted by molar-refractivity contribution is -0.137. The molecule has 170 valence electrons. The third-order valence-corrected chi connectivity index (χ3v) is 6.96. The van der Waals surface area contributed by atoms with Crippen molar-refractivity contribution in [2.24, 2.45) is 0 Å². The summed E-state index contributed by atoms with van der Waals surface area (Å²) in [6, 6.07) is 15.2. The monoisotopic (exact) mass is 474 g/mol. The van der Waals surface area contributed by atoms with Gasteiger partial charge in [0.2, 0.25) is 0 Å². The number of imidazole rings is 1. The van der Waals surface area contributed by atoms with Gasteiger partial charge in [0, 0.05) is 23.5 Å². The third-order valence-electron chi connectivity index (χ3n) is 5.23. The van der Waals surface area contributed by atoms with Crippen LogP contribution in [0.25, 0.3) is 28.2 Å². The van der Waals surface area contributed by atoms with Crippen LogP contribution in [0.1, 0.15) is 12.5 Å². The van der Waals surface area contributed by atoms with Gasteiger partial charge in [0.1, 0.15) is 11.6 Å². The molecule has 0 spiro atoms. The van der Waals surface area contributed by atoms with Crippen molar-refractivity contribution in [3.8, 4) is 28.2 Å². The summed E-state index contributed by atoms with van der Waals surface area (Å²) in [5, 5.41) is 0. The number of hydrogen-bond acceptors (Lipinski definition) is 3. The van der Waals surface area contributed by atoms with Crippen LogP contribution in [0.4, 0.5) is 17.6 Å². The van der Waals surface area contributed by atoms with Crippen molar-refractivity contribution in [2.45, 2.75) is 18.0 Å². The number of benzene rings is 3. The lowest BCUT2D eigenvalue weighted by Gasteiger charge is -2.15. The third kappa shape index (κ3) is 4.41. The molecule has 33 heavy (non-hydrogen) atoms. The molecular formula is C24H18F4N2O2S. The van der Waals surface area contributed by atoms with Gasteiger partial charge in [-0.3, -0.25) is 4.57 Å². The van der Waals surface area contributed by atoms with Gasteiger partial charge in [-0.25, -0.2) is 17.8 Å². The first kappa shape index (κ1) is 22.7. The van der Waals surface area contributed by atoms with E-state index in [9.17, 15) is 21.6 Å². The van der Waals surface area contributed by atoms with Crippen LogP contribution < -0.4 is 0 Å². The van der Waals surface area contributed by atoms with Crippen LogP contribution in [0.3, 0.4) is 0 Å². The zero-order valence-electron chi connectivity index (χ0n) is 17.3. The van der Waals surface area contributed by atoms with Gasteiger partial charge in [0.25, 0.3) is 0 Å². The fourth-order valence-electron chi connectivity index (χ4n) is 3.55. The van der Waals surface area contributed by atoms with Gasteiger partial charge in [0.05, 0.1) is 21.9 Å². The Morgan fingerprint density at radius 1 is 0.939 bits per heavy atom. The molecule has 0 atom stereocenters. The van der Waals surface area contributed by atoms with Crippen LogP contribution in [-0.4, -0.2) is 23.7 Å². The number of rotatable bonds is 5. The Kier molecular flexibility index (Phi) is 5.84. The lowest BCUT2D eigenvalue weighted by Crippen LogP contribution is -2.09. The smallest absolute Gasteiger partial charge is 0.300 e. The summed E-state index contributed by atoms with van der Waals surface area (Å²) < 4.78 is 81.2. The second kappa shape index (κ2) is 8.47. The first-order chi connectivity index (χ1) is 15.6. The Bertz CT molecular complexity index is 1430. The average molecular weight is 474 g/mol. The maximum atomic E-state index is 15.1. The fraction of sp³-hybridized carbons (Fsp3) is 0.125. The van der Waals surface area contributed by atoms with Gasteiger partial charge in [-0.2, -0.15) is 13.2 Å². The zero-order chi connectivity index (χ0) is 23.8. The quantitative estimate of drug-likeness (QED) is 0.326. The molecule has 0 amide bonds. The summed E-state index contributed by atoms with van der Waals surface area (Å²) >= 11 is 0. The van der Waals surface area contributed by atoms with E-state index in [0.29, 0.717) is 5.56 Å². The summed E-state index contributed by atoms with van der Waals surface area (Å²) in [4.78, 5) is 4.16. The highest BCUT2D eigenvalue weighted by Gasteiger charge is 2.34. The first-order valence-corrected chi connectivity index (χ1v) is 11.6. The largest absolute Gasteiger partial charge is 0.417 e. The van der Waals surface area contributed by atoms with Crippen molar-refractivity contribution in [3.63, 3.8) is 0 Å². The molecule has 0 bridgehead atoms. The van der Waals surface area contributed by atoms with E-state index in [4.69, 9.17) is 0 Å². The van der Waals surface area contributed by atoms with Gasteiger partial charge < -0.3 is 0 Å². The minimum Gasteiger partial charge on any atom is -0.300 e. The molecule has 0 aliphatic carbocycles. The fourth-order valence-corrected chi connectivity index (χ4v) is 4.47. The average Bonchev–Trinajstić information content (AvgIpc) is 3.28. The van der Waals surface area contributed by atoms with Crippen LogP contribution in [0.15, 0.2) is 84.0 Å². The molecule has 0 N–H and O–H groups in total. The van der Waals surface area contributed by atoms with Crippen molar-refractivity contribution in [1.82, 2.24) is 9.55 Å². The molecule has 4 nitrogen and oxygen atoms in total. The minimum absolute atomic E-state index is 0.0195. The van der Waals surface area contributed by atoms with Gasteiger partial charge in [-0.1, -0.05) is 37.3 Å². The molecule has 0 unspecified atom stereocenters. The SMILES string of the molecule is CCS(=O)(=O)c1cccc(-c2ccc(-n3ccnc3-c3ccccc3C(F)(F)F)cc2F)c1. The van der Waals surface area contributed by atoms with Crippen molar-refractivity contribution in [3.05, 3.63) is 90.5 Å². The summed E-state index contributed by atoms with van der Waals surface area (Å²) in [6.45, 7) is 1.52. The number of alkyl halides is 3. The second-order valence-corrected chi connectivity index (χ2v) is 9.54. The van der Waals surface area contributed by atoms with E-state index >= 15 is 4.39 Å². The van der Waals surface area contributed by atoms with Crippen molar-refractivity contribution >= 4 is 9.84 Å². The Hall–Kier alpha value is -3.46. The topological polar surface area (TPSA) is 52.0 Å². The number of sulfone groups is 1. The van der Waals surface area contributed by atoms with E-state index in [1.54, 1.807) is 12.1 Å². The van der Waals surface area contributed by atoms with E-state index in [0.717, 1.165) is 6.07 Å². The standard InChI is InChI=1S/C24H18F4N2O2S/c1-2-33(31,32)18-7-5-6-16(14-18)19-11-10-17(15-22(19)25)30-13-12-29-23(30)20-8-3-4-9-21(20)24(26,27)28/h3-15H,2H2,1H3. The molecule has 4 rings (SSSR count). The molecule has 0 aliphatic rings. The summed E-state index contributed by atoms with van der Waals surface area (Å²) in [6.07, 6.45) is -1.79. The Labute approximate surface area is 188 Å². The predicted molar refractivity (Wildman–Crippen MR) is 117 cm³/mol. The van der Waals surface area contributed by atoms with Crippen molar-refractivity contribution < 1.29 is 26.0 Å². The van der Waals surface area contributed by atoms with Crippen LogP contribution >= 0.6 is 0 Å². The molecular weight excluding hydrogens is 456 g/mol. The number of nitrogens with zero attached hydrogens (tertiary/aromatic N) is 2. The number of aromatic nitrogens is 2. The van der Waals surface area contributed by atoms with Crippen LogP contribution in [-0.2, 0) is 16.0 Å². The predicted octanol–water partition coefficient (Wildman–Crippen LogP) is 6.16. The van der Waals surface area contributed by atoms with E-state index < -0.39 is 27.4 Å². The highest BCUT2D eigenvalue weighted by Crippen LogP contribution is 2.37. The number of hydrogen-bond donors (Lipinski definition) is 0. The molecule has 0 fully saturated rings. The van der Waals surface area contributed by atoms with E-state index in [1.165, 1.54) is 72.4 Å². The molecule has 0 saturated carbocycles. The van der Waals surface area contributed by atoms with E-state index in [2.05, 4.69) is 4.98 Å². The van der Waals surface area contributed by atoms with Crippen LogP contribution in [0, 0.1) is 5.82 Å². The van der Waals surface area contributed by atoms with Crippen molar-refractivity contribution in [1.29, 1.82) is 0 Å². The molecule has 4 aromatic rings. The highest BCUT2D eigenvalue weighted by atomic mass is 32.2. The summed E-state index contributed by atoms with van der Waals surface area (Å²) in [5.41, 5.74) is -0.149. The summed E-state index contributed by atoms with van der Waals surface area (Å²) in [5.74, 6) is -0.714. The Morgan fingerprint density at radius 3 is 2.39 bits per heavy atom. The highest BCUT2D eigenvalue weighted by molar-refractivity contribution is 7.91. The second-order valence-electron chi connectivity index (χ2n) is 7.26. The molecule has 1 aromatic heterocycles. The Morgan fingerprint density at radius 2 is 1.70 bits per heavy atom. The molecule has 0 saturated heterocycles. The zero-order valence-corrected chi connectivity index (χ0v) is 18.2.